The van der Waals surface area contributed by atoms with Crippen LogP contribution >= 0.6 is 23.1 Å². The van der Waals surface area contributed by atoms with Crippen molar-refractivity contribution in [2.45, 2.75) is 11.1 Å². The molecule has 0 aliphatic carbocycles. The highest BCUT2D eigenvalue weighted by Gasteiger charge is 2.05. The number of aromatic nitrogens is 1. The zero-order valence-electron chi connectivity index (χ0n) is 6.03. The van der Waals surface area contributed by atoms with E-state index < -0.39 is 5.91 Å². The van der Waals surface area contributed by atoms with Crippen molar-refractivity contribution in [3.05, 3.63) is 11.2 Å². The molecule has 0 unspecified atom stereocenters. The van der Waals surface area contributed by atoms with Gasteiger partial charge in [-0.25, -0.2) is 4.98 Å². The molecule has 0 aliphatic rings. The summed E-state index contributed by atoms with van der Waals surface area (Å²) in [5.74, 6) is 0.540. The highest BCUT2D eigenvalue weighted by Crippen LogP contribution is 2.24. The Hall–Kier alpha value is -0.550. The van der Waals surface area contributed by atoms with Crippen molar-refractivity contribution in [1.29, 1.82) is 0 Å². The van der Waals surface area contributed by atoms with E-state index in [2.05, 4.69) is 4.98 Å². The van der Waals surface area contributed by atoms with Gasteiger partial charge in [0, 0.05) is 0 Å². The van der Waals surface area contributed by atoms with E-state index >= 15 is 0 Å². The summed E-state index contributed by atoms with van der Waals surface area (Å²) in [5, 5.41) is 0.390. The fourth-order valence-electron chi connectivity index (χ4n) is 0.582. The number of hydrogen-bond acceptors (Lipinski definition) is 4. The van der Waals surface area contributed by atoms with Crippen LogP contribution in [0.3, 0.4) is 0 Å². The third kappa shape index (κ3) is 2.20. The average Bonchev–Trinajstić information content (AvgIpc) is 2.37. The van der Waals surface area contributed by atoms with Crippen LogP contribution in [0.15, 0.2) is 10.4 Å². The summed E-state index contributed by atoms with van der Waals surface area (Å²) in [4.78, 5) is 14.4. The molecular weight excluding hydrogens is 180 g/mol. The quantitative estimate of drug-likeness (QED) is 0.728. The molecule has 1 aromatic rings. The summed E-state index contributed by atoms with van der Waals surface area (Å²) < 4.78 is 1.04. The van der Waals surface area contributed by atoms with Gasteiger partial charge in [-0.15, -0.1) is 23.1 Å². The highest BCUT2D eigenvalue weighted by atomic mass is 32.2. The molecule has 60 valence electrons. The second kappa shape index (κ2) is 3.73. The molecule has 0 bridgehead atoms. The molecular formula is C6H8N2OS2. The number of rotatable bonds is 3. The first-order chi connectivity index (χ1) is 5.24. The minimum Gasteiger partial charge on any atom is -0.364 e. The Morgan fingerprint density at radius 2 is 2.64 bits per heavy atom. The number of nitrogens with zero attached hydrogens (tertiary/aromatic N) is 1. The number of nitrogens with two attached hydrogens (primary N) is 1. The largest absolute Gasteiger partial charge is 0.364 e. The van der Waals surface area contributed by atoms with Gasteiger partial charge in [-0.05, 0) is 5.75 Å². The van der Waals surface area contributed by atoms with Crippen molar-refractivity contribution < 1.29 is 4.79 Å². The Labute approximate surface area is 73.0 Å². The van der Waals surface area contributed by atoms with Crippen molar-refractivity contribution in [1.82, 2.24) is 4.98 Å². The number of thioether (sulfide) groups is 1. The lowest BCUT2D eigenvalue weighted by atomic mass is 10.7. The van der Waals surface area contributed by atoms with Crippen molar-refractivity contribution in [3.8, 4) is 0 Å². The zero-order chi connectivity index (χ0) is 8.27. The molecule has 1 heterocycles. The fourth-order valence-corrected chi connectivity index (χ4v) is 2.32. The molecule has 0 fully saturated rings. The van der Waals surface area contributed by atoms with Crippen LogP contribution in [0.1, 0.15) is 16.7 Å². The molecule has 2 N–H and O–H groups in total. The van der Waals surface area contributed by atoms with E-state index in [0.717, 1.165) is 9.96 Å². The predicted molar refractivity (Wildman–Crippen MR) is 47.0 cm³/mol. The van der Waals surface area contributed by atoms with Crippen LogP contribution in [0.25, 0.3) is 0 Å². The summed E-state index contributed by atoms with van der Waals surface area (Å²) in [6.45, 7) is 2.05. The number of primary amides is 1. The number of amides is 1. The standard InChI is InChI=1S/C6H8N2OS2/c1-2-10-4-3-8-6(11-4)5(7)9/h3H,2H2,1H3,(H2,7,9). The minimum absolute atomic E-state index is 0.390. The van der Waals surface area contributed by atoms with E-state index in [4.69, 9.17) is 5.73 Å². The van der Waals surface area contributed by atoms with E-state index in [9.17, 15) is 4.79 Å². The Balaban J connectivity index is 2.73. The molecule has 0 atom stereocenters. The maximum atomic E-state index is 10.6. The van der Waals surface area contributed by atoms with Crippen molar-refractivity contribution >= 4 is 29.0 Å². The maximum absolute atomic E-state index is 10.6. The molecule has 0 saturated carbocycles. The summed E-state index contributed by atoms with van der Waals surface area (Å²) in [6, 6.07) is 0. The Bertz CT molecular complexity index is 259. The first-order valence-corrected chi connectivity index (χ1v) is 4.92. The number of hydrogen-bond donors (Lipinski definition) is 1. The Morgan fingerprint density at radius 1 is 1.91 bits per heavy atom. The normalized spacial score (nSPS) is 9.91. The third-order valence-electron chi connectivity index (χ3n) is 0.982. The minimum atomic E-state index is -0.446. The lowest BCUT2D eigenvalue weighted by molar-refractivity contribution is 0.1000. The van der Waals surface area contributed by atoms with E-state index in [0.29, 0.717) is 5.01 Å². The van der Waals surface area contributed by atoms with Gasteiger partial charge in [-0.2, -0.15) is 0 Å². The van der Waals surface area contributed by atoms with Gasteiger partial charge in [0.1, 0.15) is 0 Å². The molecule has 1 amide bonds. The van der Waals surface area contributed by atoms with Crippen molar-refractivity contribution in [2.75, 3.05) is 5.75 Å². The van der Waals surface area contributed by atoms with Crippen LogP contribution < -0.4 is 5.73 Å². The monoisotopic (exact) mass is 188 g/mol. The van der Waals surface area contributed by atoms with E-state index in [-0.39, 0.29) is 0 Å². The molecule has 1 aromatic heterocycles. The summed E-state index contributed by atoms with van der Waals surface area (Å²) >= 11 is 3.00. The van der Waals surface area contributed by atoms with Crippen LogP contribution in [-0.4, -0.2) is 16.6 Å². The molecule has 0 radical (unpaired) electrons. The SMILES string of the molecule is CCSc1cnc(C(N)=O)s1. The van der Waals surface area contributed by atoms with Gasteiger partial charge in [0.05, 0.1) is 10.4 Å². The van der Waals surface area contributed by atoms with Gasteiger partial charge in [0.25, 0.3) is 5.91 Å². The zero-order valence-corrected chi connectivity index (χ0v) is 7.67. The third-order valence-corrected chi connectivity index (χ3v) is 3.07. The lowest BCUT2D eigenvalue weighted by Gasteiger charge is -1.86. The van der Waals surface area contributed by atoms with Gasteiger partial charge in [-0.3, -0.25) is 4.79 Å². The van der Waals surface area contributed by atoms with Gasteiger partial charge in [-0.1, -0.05) is 6.92 Å². The van der Waals surface area contributed by atoms with Crippen LogP contribution in [0.5, 0.6) is 0 Å². The van der Waals surface area contributed by atoms with E-state index in [1.54, 1.807) is 18.0 Å². The summed E-state index contributed by atoms with van der Waals surface area (Å²) in [6.07, 6.45) is 1.68. The molecule has 0 spiro atoms. The van der Waals surface area contributed by atoms with Crippen molar-refractivity contribution in [3.63, 3.8) is 0 Å². The van der Waals surface area contributed by atoms with Crippen LogP contribution in [0, 0.1) is 0 Å². The molecule has 0 aromatic carbocycles. The fraction of sp³-hybridized carbons (Fsp3) is 0.333. The molecule has 5 heteroatoms. The number of thiazole rings is 1. The Morgan fingerprint density at radius 3 is 3.09 bits per heavy atom. The van der Waals surface area contributed by atoms with Gasteiger partial charge >= 0.3 is 0 Å². The summed E-state index contributed by atoms with van der Waals surface area (Å²) in [5.41, 5.74) is 5.02. The van der Waals surface area contributed by atoms with Gasteiger partial charge < -0.3 is 5.73 Å². The van der Waals surface area contributed by atoms with Crippen LogP contribution in [-0.2, 0) is 0 Å². The number of carbonyl (C=O) groups excluding carboxylic acids is 1. The predicted octanol–water partition coefficient (Wildman–Crippen LogP) is 1.35. The smallest absolute Gasteiger partial charge is 0.277 e. The topological polar surface area (TPSA) is 56.0 Å². The Kier molecular flexibility index (Phi) is 2.90. The molecule has 1 rings (SSSR count). The maximum Gasteiger partial charge on any atom is 0.277 e. The van der Waals surface area contributed by atoms with Crippen LogP contribution in [0.4, 0.5) is 0 Å². The first kappa shape index (κ1) is 8.55. The van der Waals surface area contributed by atoms with Gasteiger partial charge in [0.2, 0.25) is 0 Å². The van der Waals surface area contributed by atoms with E-state index in [1.807, 2.05) is 6.92 Å². The molecule has 11 heavy (non-hydrogen) atoms. The highest BCUT2D eigenvalue weighted by molar-refractivity contribution is 8.01. The molecule has 3 nitrogen and oxygen atoms in total. The lowest BCUT2D eigenvalue weighted by Crippen LogP contribution is -2.09. The number of carbonyl (C=O) groups is 1. The van der Waals surface area contributed by atoms with E-state index in [1.165, 1.54) is 11.3 Å². The van der Waals surface area contributed by atoms with Crippen molar-refractivity contribution in [2.24, 2.45) is 5.73 Å². The van der Waals surface area contributed by atoms with Crippen LogP contribution in [0.2, 0.25) is 0 Å². The average molecular weight is 188 g/mol. The first-order valence-electron chi connectivity index (χ1n) is 3.12. The molecule has 0 aliphatic heterocycles. The summed E-state index contributed by atoms with van der Waals surface area (Å²) in [7, 11) is 0. The second-order valence-corrected chi connectivity index (χ2v) is 4.38. The second-order valence-electron chi connectivity index (χ2n) is 1.78. The molecule has 0 saturated heterocycles. The van der Waals surface area contributed by atoms with Gasteiger partial charge in [0.15, 0.2) is 5.01 Å².